The molecule has 0 aromatic carbocycles. The summed E-state index contributed by atoms with van der Waals surface area (Å²) in [7, 11) is 0. The number of carbonyl (C=O) groups is 1. The molecule has 7 unspecified atom stereocenters. The Balaban J connectivity index is 1.85. The van der Waals surface area contributed by atoms with E-state index in [1.54, 1.807) is 0 Å². The summed E-state index contributed by atoms with van der Waals surface area (Å²) in [6, 6.07) is -1.35. The zero-order chi connectivity index (χ0) is 26.0. The number of ether oxygens (including phenoxy) is 5. The van der Waals surface area contributed by atoms with Crippen LogP contribution in [0.4, 0.5) is 0 Å². The highest BCUT2D eigenvalue weighted by molar-refractivity contribution is 5.73. The van der Waals surface area contributed by atoms with Crippen LogP contribution in [-0.2, 0) is 28.5 Å². The molecule has 3 saturated heterocycles. The van der Waals surface area contributed by atoms with E-state index >= 15 is 0 Å². The lowest BCUT2D eigenvalue weighted by Gasteiger charge is -2.48. The highest BCUT2D eigenvalue weighted by Crippen LogP contribution is 2.32. The monoisotopic (exact) mass is 513 g/mol. The summed E-state index contributed by atoms with van der Waals surface area (Å²) in [5.74, 6) is -0.605. The first kappa shape index (κ1) is 28.5. The minimum Gasteiger partial charge on any atom is -0.394 e. The predicted octanol–water partition coefficient (Wildman–Crippen LogP) is -5.37. The molecule has 0 aromatic rings. The zero-order valence-electron chi connectivity index (χ0n) is 19.2. The van der Waals surface area contributed by atoms with Crippen LogP contribution in [-0.4, -0.2) is 146 Å². The second kappa shape index (κ2) is 12.0. The zero-order valence-corrected chi connectivity index (χ0v) is 19.2. The maximum atomic E-state index is 11.7. The van der Waals surface area contributed by atoms with Crippen molar-refractivity contribution < 1.29 is 69.3 Å². The first-order chi connectivity index (χ1) is 16.5. The van der Waals surface area contributed by atoms with Gasteiger partial charge in [0.25, 0.3) is 0 Å². The van der Waals surface area contributed by atoms with Gasteiger partial charge in [0.2, 0.25) is 5.91 Å². The largest absolute Gasteiger partial charge is 0.394 e. The smallest absolute Gasteiger partial charge is 0.217 e. The molecule has 0 aliphatic carbocycles. The number of hydrogen-bond acceptors (Lipinski definition) is 14. The van der Waals surface area contributed by atoms with Crippen molar-refractivity contribution in [2.24, 2.45) is 0 Å². The second-order valence-electron chi connectivity index (χ2n) is 8.94. The molecule has 0 spiro atoms. The van der Waals surface area contributed by atoms with Crippen LogP contribution >= 0.6 is 0 Å². The van der Waals surface area contributed by atoms with Gasteiger partial charge in [-0.3, -0.25) is 4.79 Å². The van der Waals surface area contributed by atoms with Crippen molar-refractivity contribution in [3.05, 3.63) is 0 Å². The lowest BCUT2D eigenvalue weighted by atomic mass is 9.95. The van der Waals surface area contributed by atoms with Crippen molar-refractivity contribution in [2.45, 2.75) is 106 Å². The van der Waals surface area contributed by atoms with Crippen LogP contribution in [0.3, 0.4) is 0 Å². The fraction of sp³-hybridized carbons (Fsp3) is 0.950. The van der Waals surface area contributed by atoms with E-state index in [9.17, 15) is 45.6 Å². The summed E-state index contributed by atoms with van der Waals surface area (Å²) in [6.07, 6.45) is -18.3. The van der Waals surface area contributed by atoms with Crippen LogP contribution in [0.15, 0.2) is 0 Å². The third-order valence-electron chi connectivity index (χ3n) is 6.34. The average Bonchev–Trinajstić information content (AvgIpc) is 2.80. The normalized spacial score (nSPS) is 49.0. The number of hydrogen-bond donors (Lipinski definition) is 9. The van der Waals surface area contributed by atoms with E-state index in [2.05, 4.69) is 5.32 Å². The van der Waals surface area contributed by atoms with Gasteiger partial charge in [-0.15, -0.1) is 0 Å². The van der Waals surface area contributed by atoms with Crippen LogP contribution < -0.4 is 5.32 Å². The maximum Gasteiger partial charge on any atom is 0.217 e. The van der Waals surface area contributed by atoms with Gasteiger partial charge in [-0.2, -0.15) is 0 Å². The van der Waals surface area contributed by atoms with Gasteiger partial charge in [0.15, 0.2) is 18.9 Å². The summed E-state index contributed by atoms with van der Waals surface area (Å²) in [5.41, 5.74) is 0. The Labute approximate surface area is 200 Å². The molecule has 15 nitrogen and oxygen atoms in total. The van der Waals surface area contributed by atoms with Gasteiger partial charge in [-0.05, 0) is 6.92 Å². The minimum absolute atomic E-state index is 0.188. The van der Waals surface area contributed by atoms with E-state index in [1.165, 1.54) is 6.92 Å². The topological polar surface area (TPSA) is 237 Å². The van der Waals surface area contributed by atoms with Crippen LogP contribution in [0.1, 0.15) is 20.3 Å². The lowest BCUT2D eigenvalue weighted by molar-refractivity contribution is -0.370. The highest BCUT2D eigenvalue weighted by atomic mass is 16.7. The second-order valence-corrected chi connectivity index (χ2v) is 8.94. The van der Waals surface area contributed by atoms with Crippen molar-refractivity contribution in [1.29, 1.82) is 0 Å². The highest BCUT2D eigenvalue weighted by Gasteiger charge is 2.52. The Morgan fingerprint density at radius 1 is 0.857 bits per heavy atom. The van der Waals surface area contributed by atoms with Crippen molar-refractivity contribution in [3.63, 3.8) is 0 Å². The molecule has 3 aliphatic rings. The molecular formula is C20H35NO14. The van der Waals surface area contributed by atoms with E-state index in [0.29, 0.717) is 0 Å². The van der Waals surface area contributed by atoms with Crippen LogP contribution in [0.25, 0.3) is 0 Å². The summed E-state index contributed by atoms with van der Waals surface area (Å²) in [4.78, 5) is 11.7. The summed E-state index contributed by atoms with van der Waals surface area (Å²) >= 11 is 0. The third-order valence-corrected chi connectivity index (χ3v) is 6.34. The number of amides is 1. The number of carbonyl (C=O) groups excluding carboxylic acids is 1. The predicted molar refractivity (Wildman–Crippen MR) is 110 cm³/mol. The first-order valence-corrected chi connectivity index (χ1v) is 11.3. The number of aliphatic hydroxyl groups is 8. The third kappa shape index (κ3) is 6.27. The molecule has 35 heavy (non-hydrogen) atoms. The van der Waals surface area contributed by atoms with E-state index in [1.807, 2.05) is 0 Å². The molecule has 3 rings (SSSR count). The number of rotatable bonds is 7. The van der Waals surface area contributed by atoms with Crippen molar-refractivity contribution >= 4 is 5.91 Å². The maximum absolute atomic E-state index is 11.7. The molecular weight excluding hydrogens is 478 g/mol. The van der Waals surface area contributed by atoms with Crippen molar-refractivity contribution in [2.75, 3.05) is 13.2 Å². The summed E-state index contributed by atoms with van der Waals surface area (Å²) in [6.45, 7) is 1.22. The van der Waals surface area contributed by atoms with E-state index < -0.39 is 105 Å². The van der Waals surface area contributed by atoms with Gasteiger partial charge in [0.1, 0.15) is 54.9 Å². The summed E-state index contributed by atoms with van der Waals surface area (Å²) < 4.78 is 27.8. The molecule has 3 heterocycles. The molecule has 0 bridgehead atoms. The Morgan fingerprint density at radius 2 is 1.49 bits per heavy atom. The summed E-state index contributed by atoms with van der Waals surface area (Å²) in [5, 5.41) is 83.4. The van der Waals surface area contributed by atoms with Gasteiger partial charge < -0.3 is 69.9 Å². The van der Waals surface area contributed by atoms with Gasteiger partial charge in [0, 0.05) is 13.3 Å². The fourth-order valence-electron chi connectivity index (χ4n) is 4.39. The van der Waals surface area contributed by atoms with Gasteiger partial charge >= 0.3 is 0 Å². The quantitative estimate of drug-likeness (QED) is 0.155. The molecule has 3 aliphatic heterocycles. The Kier molecular flexibility index (Phi) is 9.78. The van der Waals surface area contributed by atoms with E-state index in [-0.39, 0.29) is 6.42 Å². The standard InChI is InChI=1S/C20H35NO14/c1-6-13(26)8(25)3-11(31-6)34-18-17(15(28)10(5-23)32-19(18)30)35-20-12(21-7(2)24)16(29)14(27)9(4-22)33-20/h6,8-20,22-23,25-30H,3-5H2,1-2H3,(H,21,24)/t6?,8-,9?,10?,11-,12?,13+,14-,15-,16?,17?,18?,19+,20+/m0/s1. The van der Waals surface area contributed by atoms with Crippen LogP contribution in [0.5, 0.6) is 0 Å². The van der Waals surface area contributed by atoms with Crippen molar-refractivity contribution in [3.8, 4) is 0 Å². The Hall–Kier alpha value is -1.05. The molecule has 0 aromatic heterocycles. The first-order valence-electron chi connectivity index (χ1n) is 11.3. The fourth-order valence-corrected chi connectivity index (χ4v) is 4.39. The molecule has 1 amide bonds. The van der Waals surface area contributed by atoms with Crippen LogP contribution in [0.2, 0.25) is 0 Å². The van der Waals surface area contributed by atoms with Crippen LogP contribution in [0, 0.1) is 0 Å². The molecule has 0 radical (unpaired) electrons. The number of nitrogens with one attached hydrogen (secondary N) is 1. The number of aliphatic hydroxyl groups excluding tert-OH is 8. The average molecular weight is 513 g/mol. The Bertz CT molecular complexity index is 689. The SMILES string of the molecule is CC(=O)NC1C(O)[C@@H](O)C(CO)O[C@@H]1OC1C(O[C@H]2C[C@H](O)[C@H](O)C(C)O2)[C@H](O)OC(CO)[C@@H]1O. The van der Waals surface area contributed by atoms with E-state index in [4.69, 9.17) is 23.7 Å². The van der Waals surface area contributed by atoms with Gasteiger partial charge in [-0.1, -0.05) is 0 Å². The molecule has 204 valence electrons. The molecule has 9 N–H and O–H groups in total. The molecule has 15 heteroatoms. The molecule has 3 fully saturated rings. The molecule has 0 saturated carbocycles. The van der Waals surface area contributed by atoms with Gasteiger partial charge in [0.05, 0.1) is 25.4 Å². The molecule has 14 atom stereocenters. The minimum atomic E-state index is -1.77. The Morgan fingerprint density at radius 3 is 2.06 bits per heavy atom. The lowest BCUT2D eigenvalue weighted by Crippen LogP contribution is -2.68. The van der Waals surface area contributed by atoms with E-state index in [0.717, 1.165) is 6.92 Å². The van der Waals surface area contributed by atoms with Crippen molar-refractivity contribution in [1.82, 2.24) is 5.32 Å². The van der Waals surface area contributed by atoms with Gasteiger partial charge in [-0.25, -0.2) is 0 Å².